The third-order valence-electron chi connectivity index (χ3n) is 3.23. The van der Waals surface area contributed by atoms with Crippen molar-refractivity contribution in [2.75, 3.05) is 7.05 Å². The molecule has 0 fully saturated rings. The molecule has 1 N–H and O–H groups in total. The van der Waals surface area contributed by atoms with Gasteiger partial charge in [0.1, 0.15) is 6.04 Å². The van der Waals surface area contributed by atoms with Crippen LogP contribution in [0.4, 0.5) is 0 Å². The number of benzene rings is 1. The summed E-state index contributed by atoms with van der Waals surface area (Å²) < 4.78 is 0. The highest BCUT2D eigenvalue weighted by molar-refractivity contribution is 6.35. The Kier molecular flexibility index (Phi) is 6.99. The normalized spacial score (nSPS) is 11.9. The fraction of sp³-hybridized carbons (Fsp3) is 0.467. The Balaban J connectivity index is 3.01. The molecule has 21 heavy (non-hydrogen) atoms. The highest BCUT2D eigenvalue weighted by atomic mass is 35.5. The SMILES string of the molecule is CCCC(=O)N(Cc1ccc(Cl)cc1Cl)[C@H](C)C(=O)NC. The molecule has 6 heteroatoms. The molecule has 1 atom stereocenters. The van der Waals surface area contributed by atoms with Gasteiger partial charge in [0.05, 0.1) is 0 Å². The molecule has 0 aliphatic rings. The van der Waals surface area contributed by atoms with Crippen molar-refractivity contribution >= 4 is 35.0 Å². The highest BCUT2D eigenvalue weighted by Gasteiger charge is 2.25. The van der Waals surface area contributed by atoms with E-state index >= 15 is 0 Å². The van der Waals surface area contributed by atoms with Gasteiger partial charge in [0.15, 0.2) is 0 Å². The molecule has 116 valence electrons. The topological polar surface area (TPSA) is 49.4 Å². The van der Waals surface area contributed by atoms with Crippen LogP contribution in [0.3, 0.4) is 0 Å². The number of nitrogens with zero attached hydrogens (tertiary/aromatic N) is 1. The van der Waals surface area contributed by atoms with Crippen molar-refractivity contribution in [3.05, 3.63) is 33.8 Å². The van der Waals surface area contributed by atoms with Crippen LogP contribution in [0.2, 0.25) is 10.0 Å². The molecule has 0 radical (unpaired) electrons. The number of hydrogen-bond acceptors (Lipinski definition) is 2. The van der Waals surface area contributed by atoms with Crippen molar-refractivity contribution in [2.45, 2.75) is 39.3 Å². The third-order valence-corrected chi connectivity index (χ3v) is 3.82. The summed E-state index contributed by atoms with van der Waals surface area (Å²) in [5, 5.41) is 3.59. The van der Waals surface area contributed by atoms with Gasteiger partial charge in [-0.05, 0) is 31.0 Å². The van der Waals surface area contributed by atoms with E-state index in [1.165, 1.54) is 4.90 Å². The predicted octanol–water partition coefficient (Wildman–Crippen LogP) is 3.26. The summed E-state index contributed by atoms with van der Waals surface area (Å²) in [6, 6.07) is 4.56. The van der Waals surface area contributed by atoms with E-state index in [4.69, 9.17) is 23.2 Å². The van der Waals surface area contributed by atoms with E-state index in [-0.39, 0.29) is 18.4 Å². The number of amides is 2. The van der Waals surface area contributed by atoms with Crippen molar-refractivity contribution in [1.29, 1.82) is 0 Å². The van der Waals surface area contributed by atoms with Gasteiger partial charge in [-0.2, -0.15) is 0 Å². The van der Waals surface area contributed by atoms with Crippen LogP contribution in [0, 0.1) is 0 Å². The average Bonchev–Trinajstić information content (AvgIpc) is 2.45. The number of rotatable bonds is 6. The van der Waals surface area contributed by atoms with Crippen LogP contribution in [0.25, 0.3) is 0 Å². The Bertz CT molecular complexity index is 520. The van der Waals surface area contributed by atoms with Gasteiger partial charge in [-0.1, -0.05) is 36.2 Å². The standard InChI is InChI=1S/C15H20Cl2N2O2/c1-4-5-14(20)19(10(2)15(21)18-3)9-11-6-7-12(16)8-13(11)17/h6-8,10H,4-5,9H2,1-3H3,(H,18,21)/t10-/m1/s1. The minimum Gasteiger partial charge on any atom is -0.357 e. The van der Waals surface area contributed by atoms with Crippen LogP contribution in [0.1, 0.15) is 32.3 Å². The van der Waals surface area contributed by atoms with Crippen LogP contribution in [-0.2, 0) is 16.1 Å². The summed E-state index contributed by atoms with van der Waals surface area (Å²) in [4.78, 5) is 25.6. The van der Waals surface area contributed by atoms with E-state index in [9.17, 15) is 9.59 Å². The average molecular weight is 331 g/mol. The number of carbonyl (C=O) groups excluding carboxylic acids is 2. The minimum absolute atomic E-state index is 0.0698. The smallest absolute Gasteiger partial charge is 0.242 e. The highest BCUT2D eigenvalue weighted by Crippen LogP contribution is 2.23. The number of likely N-dealkylation sites (N-methyl/N-ethyl adjacent to an activating group) is 1. The Morgan fingerprint density at radius 2 is 2.00 bits per heavy atom. The summed E-state index contributed by atoms with van der Waals surface area (Å²) in [6.45, 7) is 3.91. The Hall–Kier alpha value is -1.26. The molecular formula is C15H20Cl2N2O2. The van der Waals surface area contributed by atoms with E-state index in [2.05, 4.69) is 5.32 Å². The molecule has 0 aliphatic heterocycles. The molecule has 1 rings (SSSR count). The van der Waals surface area contributed by atoms with Crippen LogP contribution in [-0.4, -0.2) is 29.8 Å². The maximum absolute atomic E-state index is 12.3. The van der Waals surface area contributed by atoms with Crippen LogP contribution in [0.5, 0.6) is 0 Å². The second-order valence-corrected chi connectivity index (χ2v) is 5.64. The molecule has 0 unspecified atom stereocenters. The zero-order valence-electron chi connectivity index (χ0n) is 12.5. The van der Waals surface area contributed by atoms with Gasteiger partial charge in [0.25, 0.3) is 0 Å². The van der Waals surface area contributed by atoms with Gasteiger partial charge in [-0.15, -0.1) is 0 Å². The molecule has 0 bridgehead atoms. The lowest BCUT2D eigenvalue weighted by Gasteiger charge is -2.28. The molecular weight excluding hydrogens is 311 g/mol. The zero-order chi connectivity index (χ0) is 16.0. The zero-order valence-corrected chi connectivity index (χ0v) is 14.0. The first-order valence-corrected chi connectivity index (χ1v) is 7.61. The first-order valence-electron chi connectivity index (χ1n) is 6.85. The molecule has 0 aliphatic carbocycles. The molecule has 1 aromatic rings. The predicted molar refractivity (Wildman–Crippen MR) is 85.4 cm³/mol. The minimum atomic E-state index is -0.555. The third kappa shape index (κ3) is 4.90. The lowest BCUT2D eigenvalue weighted by molar-refractivity contribution is -0.140. The Morgan fingerprint density at radius 3 is 2.52 bits per heavy atom. The summed E-state index contributed by atoms with van der Waals surface area (Å²) in [5.74, 6) is -0.274. The van der Waals surface area contributed by atoms with Gasteiger partial charge < -0.3 is 10.2 Å². The fourth-order valence-corrected chi connectivity index (χ4v) is 2.45. The molecule has 0 saturated carbocycles. The lowest BCUT2D eigenvalue weighted by atomic mass is 10.1. The Labute approximate surface area is 135 Å². The van der Waals surface area contributed by atoms with Gasteiger partial charge in [0, 0.05) is 30.1 Å². The first-order chi connectivity index (χ1) is 9.90. The van der Waals surface area contributed by atoms with E-state index < -0.39 is 6.04 Å². The first kappa shape index (κ1) is 17.8. The number of carbonyl (C=O) groups is 2. The van der Waals surface area contributed by atoms with E-state index in [0.29, 0.717) is 16.5 Å². The number of halogens is 2. The van der Waals surface area contributed by atoms with Gasteiger partial charge in [-0.3, -0.25) is 9.59 Å². The summed E-state index contributed by atoms with van der Waals surface area (Å²) in [6.07, 6.45) is 1.12. The van der Waals surface area contributed by atoms with Crippen molar-refractivity contribution in [3.63, 3.8) is 0 Å². The van der Waals surface area contributed by atoms with Crippen molar-refractivity contribution in [2.24, 2.45) is 0 Å². The van der Waals surface area contributed by atoms with Crippen molar-refractivity contribution in [1.82, 2.24) is 10.2 Å². The largest absolute Gasteiger partial charge is 0.357 e. The molecule has 0 spiro atoms. The van der Waals surface area contributed by atoms with Gasteiger partial charge in [0.2, 0.25) is 11.8 Å². The second-order valence-electron chi connectivity index (χ2n) is 4.80. The van der Waals surface area contributed by atoms with Crippen molar-refractivity contribution in [3.8, 4) is 0 Å². The van der Waals surface area contributed by atoms with Crippen LogP contribution >= 0.6 is 23.2 Å². The van der Waals surface area contributed by atoms with E-state index in [1.54, 1.807) is 32.2 Å². The molecule has 1 aromatic carbocycles. The molecule has 0 heterocycles. The number of nitrogens with one attached hydrogen (secondary N) is 1. The number of hydrogen-bond donors (Lipinski definition) is 1. The quantitative estimate of drug-likeness (QED) is 0.870. The van der Waals surface area contributed by atoms with Gasteiger partial charge >= 0.3 is 0 Å². The molecule has 0 saturated heterocycles. The summed E-state index contributed by atoms with van der Waals surface area (Å²) in [7, 11) is 1.55. The van der Waals surface area contributed by atoms with E-state index in [1.807, 2.05) is 6.92 Å². The Morgan fingerprint density at radius 1 is 1.33 bits per heavy atom. The van der Waals surface area contributed by atoms with Gasteiger partial charge in [-0.25, -0.2) is 0 Å². The molecule has 4 nitrogen and oxygen atoms in total. The van der Waals surface area contributed by atoms with Crippen LogP contribution < -0.4 is 5.32 Å². The summed E-state index contributed by atoms with van der Waals surface area (Å²) >= 11 is 12.0. The molecule has 0 aromatic heterocycles. The lowest BCUT2D eigenvalue weighted by Crippen LogP contribution is -2.46. The molecule has 2 amide bonds. The monoisotopic (exact) mass is 330 g/mol. The fourth-order valence-electron chi connectivity index (χ4n) is 1.98. The maximum Gasteiger partial charge on any atom is 0.242 e. The summed E-state index contributed by atoms with van der Waals surface area (Å²) in [5.41, 5.74) is 0.765. The van der Waals surface area contributed by atoms with Crippen molar-refractivity contribution < 1.29 is 9.59 Å². The van der Waals surface area contributed by atoms with Crippen LogP contribution in [0.15, 0.2) is 18.2 Å². The second kappa shape index (κ2) is 8.25. The maximum atomic E-state index is 12.3. The van der Waals surface area contributed by atoms with E-state index in [0.717, 1.165) is 12.0 Å².